The van der Waals surface area contributed by atoms with Crippen LogP contribution in [0.15, 0.2) is 42.5 Å². The first-order chi connectivity index (χ1) is 11.5. The summed E-state index contributed by atoms with van der Waals surface area (Å²) < 4.78 is 5.23. The topological polar surface area (TPSA) is 67.4 Å². The molecule has 2 N–H and O–H groups in total. The number of amides is 2. The number of ether oxygens (including phenoxy) is 1. The van der Waals surface area contributed by atoms with Crippen molar-refractivity contribution in [1.29, 1.82) is 0 Å². The number of carbonyl (C=O) groups excluding carboxylic acids is 2. The van der Waals surface area contributed by atoms with E-state index < -0.39 is 0 Å². The number of nitrogens with one attached hydrogen (secondary N) is 2. The van der Waals surface area contributed by atoms with Crippen molar-refractivity contribution in [2.75, 3.05) is 13.7 Å². The van der Waals surface area contributed by atoms with Crippen molar-refractivity contribution in [1.82, 2.24) is 10.6 Å². The first-order valence-corrected chi connectivity index (χ1v) is 7.74. The van der Waals surface area contributed by atoms with Crippen LogP contribution in [0.4, 0.5) is 0 Å². The van der Waals surface area contributed by atoms with Gasteiger partial charge < -0.3 is 15.4 Å². The number of aryl methyl sites for hydroxylation is 2. The SMILES string of the molecule is COc1ccccc1CNC(=O)CNC(=O)c1cc(C)cc(C)c1. The summed E-state index contributed by atoms with van der Waals surface area (Å²) >= 11 is 0. The minimum atomic E-state index is -0.255. The van der Waals surface area contributed by atoms with Crippen molar-refractivity contribution >= 4 is 11.8 Å². The molecule has 2 aromatic rings. The molecule has 0 aliphatic heterocycles. The van der Waals surface area contributed by atoms with Gasteiger partial charge in [-0.3, -0.25) is 9.59 Å². The van der Waals surface area contributed by atoms with Gasteiger partial charge in [0.05, 0.1) is 13.7 Å². The number of hydrogen-bond acceptors (Lipinski definition) is 3. The molecular weight excluding hydrogens is 304 g/mol. The quantitative estimate of drug-likeness (QED) is 0.856. The molecule has 0 bridgehead atoms. The molecule has 5 nitrogen and oxygen atoms in total. The summed E-state index contributed by atoms with van der Waals surface area (Å²) in [6.45, 7) is 4.15. The fraction of sp³-hybridized carbons (Fsp3) is 0.263. The highest BCUT2D eigenvalue weighted by atomic mass is 16.5. The van der Waals surface area contributed by atoms with E-state index in [0.717, 1.165) is 22.4 Å². The van der Waals surface area contributed by atoms with Crippen molar-refractivity contribution in [2.45, 2.75) is 20.4 Å². The lowest BCUT2D eigenvalue weighted by molar-refractivity contribution is -0.120. The highest BCUT2D eigenvalue weighted by Gasteiger charge is 2.09. The van der Waals surface area contributed by atoms with Gasteiger partial charge in [0, 0.05) is 17.7 Å². The maximum Gasteiger partial charge on any atom is 0.251 e. The van der Waals surface area contributed by atoms with Crippen LogP contribution >= 0.6 is 0 Å². The summed E-state index contributed by atoms with van der Waals surface area (Å²) in [5.41, 5.74) is 3.47. The number of carbonyl (C=O) groups is 2. The van der Waals surface area contributed by atoms with Crippen LogP contribution in [0.5, 0.6) is 5.75 Å². The van der Waals surface area contributed by atoms with Crippen LogP contribution in [0.1, 0.15) is 27.0 Å². The van der Waals surface area contributed by atoms with Gasteiger partial charge in [-0.25, -0.2) is 0 Å². The summed E-state index contributed by atoms with van der Waals surface area (Å²) in [7, 11) is 1.59. The Kier molecular flexibility index (Phi) is 5.95. The number of methoxy groups -OCH3 is 1. The van der Waals surface area contributed by atoms with E-state index in [1.807, 2.05) is 44.2 Å². The van der Waals surface area contributed by atoms with Crippen LogP contribution in [0.2, 0.25) is 0 Å². The van der Waals surface area contributed by atoms with Gasteiger partial charge in [-0.1, -0.05) is 35.4 Å². The zero-order chi connectivity index (χ0) is 17.5. The third kappa shape index (κ3) is 4.84. The second kappa shape index (κ2) is 8.15. The Morgan fingerprint density at radius 2 is 1.67 bits per heavy atom. The zero-order valence-corrected chi connectivity index (χ0v) is 14.2. The highest BCUT2D eigenvalue weighted by molar-refractivity contribution is 5.96. The molecule has 2 amide bonds. The first-order valence-electron chi connectivity index (χ1n) is 7.74. The van der Waals surface area contributed by atoms with Crippen LogP contribution < -0.4 is 15.4 Å². The Hall–Kier alpha value is -2.82. The molecule has 0 saturated carbocycles. The molecule has 0 fully saturated rings. The summed E-state index contributed by atoms with van der Waals surface area (Å²) in [6.07, 6.45) is 0. The summed E-state index contributed by atoms with van der Waals surface area (Å²) in [5, 5.41) is 5.41. The van der Waals surface area contributed by atoms with E-state index in [-0.39, 0.29) is 18.4 Å². The molecule has 0 radical (unpaired) electrons. The van der Waals surface area contributed by atoms with Gasteiger partial charge in [-0.05, 0) is 32.0 Å². The predicted octanol–water partition coefficient (Wildman–Crippen LogP) is 2.36. The lowest BCUT2D eigenvalue weighted by atomic mass is 10.1. The molecule has 24 heavy (non-hydrogen) atoms. The molecular formula is C19H22N2O3. The van der Waals surface area contributed by atoms with E-state index in [0.29, 0.717) is 12.1 Å². The average molecular weight is 326 g/mol. The van der Waals surface area contributed by atoms with Crippen LogP contribution in [-0.2, 0) is 11.3 Å². The van der Waals surface area contributed by atoms with Crippen molar-refractivity contribution in [3.05, 3.63) is 64.7 Å². The van der Waals surface area contributed by atoms with Crippen LogP contribution in [0.3, 0.4) is 0 Å². The first kappa shape index (κ1) is 17.5. The minimum Gasteiger partial charge on any atom is -0.496 e. The smallest absolute Gasteiger partial charge is 0.251 e. The van der Waals surface area contributed by atoms with Gasteiger partial charge in [-0.2, -0.15) is 0 Å². The van der Waals surface area contributed by atoms with Crippen molar-refractivity contribution in [3.63, 3.8) is 0 Å². The summed E-state index contributed by atoms with van der Waals surface area (Å²) in [4.78, 5) is 24.0. The van der Waals surface area contributed by atoms with Crippen LogP contribution in [-0.4, -0.2) is 25.5 Å². The second-order valence-electron chi connectivity index (χ2n) is 5.65. The van der Waals surface area contributed by atoms with E-state index in [4.69, 9.17) is 4.74 Å². The van der Waals surface area contributed by atoms with Crippen molar-refractivity contribution < 1.29 is 14.3 Å². The summed E-state index contributed by atoms with van der Waals surface area (Å²) in [6, 6.07) is 13.1. The third-order valence-electron chi connectivity index (χ3n) is 3.56. The Morgan fingerprint density at radius 1 is 1.00 bits per heavy atom. The molecule has 0 aliphatic rings. The molecule has 0 aliphatic carbocycles. The lowest BCUT2D eigenvalue weighted by Crippen LogP contribution is -2.36. The standard InChI is InChI=1S/C19H22N2O3/c1-13-8-14(2)10-16(9-13)19(23)21-12-18(22)20-11-15-6-4-5-7-17(15)24-3/h4-10H,11-12H2,1-3H3,(H,20,22)(H,21,23). The second-order valence-corrected chi connectivity index (χ2v) is 5.65. The Labute approximate surface area is 142 Å². The van der Waals surface area contributed by atoms with E-state index in [9.17, 15) is 9.59 Å². The number of hydrogen-bond donors (Lipinski definition) is 2. The largest absolute Gasteiger partial charge is 0.496 e. The molecule has 2 rings (SSSR count). The molecule has 5 heteroatoms. The Bertz CT molecular complexity index is 721. The number of para-hydroxylation sites is 1. The third-order valence-corrected chi connectivity index (χ3v) is 3.56. The molecule has 0 spiro atoms. The number of rotatable bonds is 6. The van der Waals surface area contributed by atoms with E-state index in [2.05, 4.69) is 10.6 Å². The number of benzene rings is 2. The van der Waals surface area contributed by atoms with Gasteiger partial charge in [0.25, 0.3) is 5.91 Å². The zero-order valence-electron chi connectivity index (χ0n) is 14.2. The Balaban J connectivity index is 1.85. The van der Waals surface area contributed by atoms with Gasteiger partial charge in [0.2, 0.25) is 5.91 Å². The highest BCUT2D eigenvalue weighted by Crippen LogP contribution is 2.16. The normalized spacial score (nSPS) is 10.1. The van der Waals surface area contributed by atoms with Crippen molar-refractivity contribution in [3.8, 4) is 5.75 Å². The van der Waals surface area contributed by atoms with E-state index in [1.54, 1.807) is 19.2 Å². The minimum absolute atomic E-state index is 0.0685. The molecule has 2 aromatic carbocycles. The predicted molar refractivity (Wildman–Crippen MR) is 93.1 cm³/mol. The average Bonchev–Trinajstić information content (AvgIpc) is 2.57. The Morgan fingerprint density at radius 3 is 2.33 bits per heavy atom. The fourth-order valence-electron chi connectivity index (χ4n) is 2.47. The van der Waals surface area contributed by atoms with Gasteiger partial charge >= 0.3 is 0 Å². The molecule has 126 valence electrons. The van der Waals surface area contributed by atoms with Gasteiger partial charge in [0.15, 0.2) is 0 Å². The van der Waals surface area contributed by atoms with Crippen LogP contribution in [0, 0.1) is 13.8 Å². The van der Waals surface area contributed by atoms with Crippen LogP contribution in [0.25, 0.3) is 0 Å². The molecule has 0 aromatic heterocycles. The maximum atomic E-state index is 12.1. The molecule has 0 saturated heterocycles. The monoisotopic (exact) mass is 326 g/mol. The van der Waals surface area contributed by atoms with Gasteiger partial charge in [-0.15, -0.1) is 0 Å². The fourth-order valence-corrected chi connectivity index (χ4v) is 2.47. The van der Waals surface area contributed by atoms with E-state index >= 15 is 0 Å². The maximum absolute atomic E-state index is 12.1. The van der Waals surface area contributed by atoms with Crippen molar-refractivity contribution in [2.24, 2.45) is 0 Å². The lowest BCUT2D eigenvalue weighted by Gasteiger charge is -2.10. The molecule has 0 heterocycles. The summed E-state index contributed by atoms with van der Waals surface area (Å²) in [5.74, 6) is 0.213. The molecule has 0 unspecified atom stereocenters. The van der Waals surface area contributed by atoms with Gasteiger partial charge in [0.1, 0.15) is 5.75 Å². The molecule has 0 atom stereocenters. The van der Waals surface area contributed by atoms with E-state index in [1.165, 1.54) is 0 Å².